The summed E-state index contributed by atoms with van der Waals surface area (Å²) in [7, 11) is 1.80. The lowest BCUT2D eigenvalue weighted by Crippen LogP contribution is -2.25. The van der Waals surface area contributed by atoms with E-state index in [0.717, 1.165) is 42.3 Å². The molecule has 0 spiro atoms. The standard InChI is InChI=1S/C20H23N7O/c1-13-9-14(2)23-20(16(13)11-21)26-7-4-8-27-15(12-26)10-17(24-27)19(28)18-5-6-22-25(18)3/h5-6,9-10,19,28H,4,7-8,12H2,1-3H3/t19-/m0/s1. The highest BCUT2D eigenvalue weighted by molar-refractivity contribution is 5.58. The molecule has 0 fully saturated rings. The maximum Gasteiger partial charge on any atom is 0.147 e. The fourth-order valence-corrected chi connectivity index (χ4v) is 3.79. The van der Waals surface area contributed by atoms with Crippen molar-refractivity contribution in [1.82, 2.24) is 24.5 Å². The van der Waals surface area contributed by atoms with E-state index < -0.39 is 6.10 Å². The summed E-state index contributed by atoms with van der Waals surface area (Å²) in [5.41, 5.74) is 4.76. The summed E-state index contributed by atoms with van der Waals surface area (Å²) in [6.07, 6.45) is 1.72. The van der Waals surface area contributed by atoms with E-state index in [1.165, 1.54) is 0 Å². The van der Waals surface area contributed by atoms with E-state index in [0.29, 0.717) is 23.5 Å². The second-order valence-corrected chi connectivity index (χ2v) is 7.23. The van der Waals surface area contributed by atoms with Gasteiger partial charge in [0.2, 0.25) is 0 Å². The Kier molecular flexibility index (Phi) is 4.61. The monoisotopic (exact) mass is 377 g/mol. The molecule has 4 rings (SSSR count). The number of fused-ring (bicyclic) bond motifs is 1. The number of aliphatic hydroxyl groups excluding tert-OH is 1. The van der Waals surface area contributed by atoms with E-state index in [-0.39, 0.29) is 0 Å². The molecular weight excluding hydrogens is 354 g/mol. The normalized spacial score (nSPS) is 15.0. The summed E-state index contributed by atoms with van der Waals surface area (Å²) in [4.78, 5) is 6.79. The van der Waals surface area contributed by atoms with Crippen molar-refractivity contribution in [3.05, 3.63) is 58.3 Å². The Hall–Kier alpha value is -3.18. The van der Waals surface area contributed by atoms with Crippen molar-refractivity contribution in [2.45, 2.75) is 39.5 Å². The summed E-state index contributed by atoms with van der Waals surface area (Å²) < 4.78 is 3.60. The third kappa shape index (κ3) is 3.14. The van der Waals surface area contributed by atoms with E-state index >= 15 is 0 Å². The average Bonchev–Trinajstić information content (AvgIpc) is 3.21. The van der Waals surface area contributed by atoms with Crippen LogP contribution in [0.4, 0.5) is 5.82 Å². The number of aryl methyl sites for hydroxylation is 4. The van der Waals surface area contributed by atoms with Gasteiger partial charge in [-0.2, -0.15) is 15.5 Å². The smallest absolute Gasteiger partial charge is 0.147 e. The maximum absolute atomic E-state index is 10.7. The van der Waals surface area contributed by atoms with Gasteiger partial charge in [0, 0.05) is 32.0 Å². The first-order valence-corrected chi connectivity index (χ1v) is 9.34. The molecule has 0 aliphatic carbocycles. The number of anilines is 1. The molecule has 0 saturated carbocycles. The summed E-state index contributed by atoms with van der Waals surface area (Å²) in [6, 6.07) is 7.97. The van der Waals surface area contributed by atoms with Gasteiger partial charge >= 0.3 is 0 Å². The molecule has 144 valence electrons. The Morgan fingerprint density at radius 1 is 1.25 bits per heavy atom. The minimum Gasteiger partial charge on any atom is -0.380 e. The molecule has 0 aromatic carbocycles. The molecule has 0 amide bonds. The van der Waals surface area contributed by atoms with Crippen molar-refractivity contribution >= 4 is 5.82 Å². The summed E-state index contributed by atoms with van der Waals surface area (Å²) in [5, 5.41) is 29.1. The van der Waals surface area contributed by atoms with Crippen molar-refractivity contribution in [2.75, 3.05) is 11.4 Å². The van der Waals surface area contributed by atoms with Gasteiger partial charge in [-0.25, -0.2) is 4.98 Å². The van der Waals surface area contributed by atoms with E-state index in [9.17, 15) is 10.4 Å². The van der Waals surface area contributed by atoms with Gasteiger partial charge in [0.15, 0.2) is 0 Å². The van der Waals surface area contributed by atoms with Crippen molar-refractivity contribution in [3.63, 3.8) is 0 Å². The van der Waals surface area contributed by atoms with Crippen LogP contribution >= 0.6 is 0 Å². The van der Waals surface area contributed by atoms with E-state index in [4.69, 9.17) is 0 Å². The molecule has 1 N–H and O–H groups in total. The average molecular weight is 377 g/mol. The zero-order valence-electron chi connectivity index (χ0n) is 16.3. The Morgan fingerprint density at radius 2 is 2.07 bits per heavy atom. The SMILES string of the molecule is Cc1cc(C)c(C#N)c(N2CCCn3nc([C@H](O)c4ccnn4C)cc3C2)n1. The van der Waals surface area contributed by atoms with Crippen LogP contribution < -0.4 is 4.90 Å². The molecule has 28 heavy (non-hydrogen) atoms. The third-order valence-corrected chi connectivity index (χ3v) is 5.19. The number of aromatic nitrogens is 5. The molecule has 1 aliphatic rings. The lowest BCUT2D eigenvalue weighted by molar-refractivity contribution is 0.203. The van der Waals surface area contributed by atoms with E-state index in [1.54, 1.807) is 24.0 Å². The van der Waals surface area contributed by atoms with Gasteiger partial charge in [-0.3, -0.25) is 9.36 Å². The Balaban J connectivity index is 1.68. The number of aliphatic hydroxyl groups is 1. The zero-order valence-corrected chi connectivity index (χ0v) is 16.3. The highest BCUT2D eigenvalue weighted by Crippen LogP contribution is 2.27. The second-order valence-electron chi connectivity index (χ2n) is 7.23. The van der Waals surface area contributed by atoms with Gasteiger partial charge in [-0.1, -0.05) is 0 Å². The predicted molar refractivity (Wildman–Crippen MR) is 104 cm³/mol. The van der Waals surface area contributed by atoms with Crippen LogP contribution in [0, 0.1) is 25.2 Å². The molecule has 0 radical (unpaired) electrons. The van der Waals surface area contributed by atoms with Crippen molar-refractivity contribution in [3.8, 4) is 6.07 Å². The second kappa shape index (κ2) is 7.09. The Morgan fingerprint density at radius 3 is 2.79 bits per heavy atom. The Bertz CT molecular complexity index is 1060. The van der Waals surface area contributed by atoms with Crippen LogP contribution in [0.2, 0.25) is 0 Å². The summed E-state index contributed by atoms with van der Waals surface area (Å²) in [5.74, 6) is 0.725. The van der Waals surface area contributed by atoms with Gasteiger partial charge < -0.3 is 10.0 Å². The van der Waals surface area contributed by atoms with Gasteiger partial charge in [0.1, 0.15) is 18.0 Å². The fourth-order valence-electron chi connectivity index (χ4n) is 3.79. The molecule has 4 heterocycles. The van der Waals surface area contributed by atoms with Crippen LogP contribution in [0.25, 0.3) is 0 Å². The molecule has 3 aromatic rings. The molecule has 1 aliphatic heterocycles. The molecule has 3 aromatic heterocycles. The van der Waals surface area contributed by atoms with Gasteiger partial charge in [0.25, 0.3) is 0 Å². The molecule has 0 saturated heterocycles. The number of hydrogen-bond acceptors (Lipinski definition) is 6. The first-order valence-electron chi connectivity index (χ1n) is 9.34. The van der Waals surface area contributed by atoms with Crippen LogP contribution in [0.1, 0.15) is 46.4 Å². The predicted octanol–water partition coefficient (Wildman–Crippen LogP) is 1.99. The topological polar surface area (TPSA) is 95.8 Å². The molecule has 0 bridgehead atoms. The molecule has 8 heteroatoms. The summed E-state index contributed by atoms with van der Waals surface area (Å²) in [6.45, 7) is 6.04. The first-order chi connectivity index (χ1) is 13.5. The van der Waals surface area contributed by atoms with Crippen LogP contribution in [-0.4, -0.2) is 36.2 Å². The zero-order chi connectivity index (χ0) is 19.8. The fraction of sp³-hybridized carbons (Fsp3) is 0.400. The molecule has 0 unspecified atom stereocenters. The quantitative estimate of drug-likeness (QED) is 0.750. The number of pyridine rings is 1. The summed E-state index contributed by atoms with van der Waals surface area (Å²) >= 11 is 0. The van der Waals surface area contributed by atoms with Crippen LogP contribution in [0.5, 0.6) is 0 Å². The van der Waals surface area contributed by atoms with Gasteiger partial charge in [-0.15, -0.1) is 0 Å². The molecule has 8 nitrogen and oxygen atoms in total. The third-order valence-electron chi connectivity index (χ3n) is 5.19. The maximum atomic E-state index is 10.7. The molecular formula is C20H23N7O. The van der Waals surface area contributed by atoms with Crippen LogP contribution in [0.3, 0.4) is 0 Å². The first kappa shape index (κ1) is 18.2. The van der Waals surface area contributed by atoms with Crippen molar-refractivity contribution in [1.29, 1.82) is 5.26 Å². The van der Waals surface area contributed by atoms with Gasteiger partial charge in [0.05, 0.1) is 29.2 Å². The highest BCUT2D eigenvalue weighted by atomic mass is 16.3. The van der Waals surface area contributed by atoms with Crippen molar-refractivity contribution < 1.29 is 5.11 Å². The van der Waals surface area contributed by atoms with Crippen molar-refractivity contribution in [2.24, 2.45) is 7.05 Å². The lowest BCUT2D eigenvalue weighted by Gasteiger charge is -2.23. The number of hydrogen-bond donors (Lipinski definition) is 1. The van der Waals surface area contributed by atoms with E-state index in [1.807, 2.05) is 30.7 Å². The van der Waals surface area contributed by atoms with Crippen LogP contribution in [-0.2, 0) is 20.1 Å². The molecule has 1 atom stereocenters. The minimum atomic E-state index is -0.825. The number of rotatable bonds is 3. The highest BCUT2D eigenvalue weighted by Gasteiger charge is 2.24. The Labute approximate surface area is 163 Å². The largest absolute Gasteiger partial charge is 0.380 e. The van der Waals surface area contributed by atoms with E-state index in [2.05, 4.69) is 26.2 Å². The minimum absolute atomic E-state index is 0.593. The number of nitrogens with zero attached hydrogens (tertiary/aromatic N) is 7. The van der Waals surface area contributed by atoms with Crippen LogP contribution in [0.15, 0.2) is 24.4 Å². The lowest BCUT2D eigenvalue weighted by atomic mass is 10.1. The van der Waals surface area contributed by atoms with Gasteiger partial charge in [-0.05, 0) is 44.0 Å². The number of nitriles is 1.